The zero-order valence-electron chi connectivity index (χ0n) is 16.5. The van der Waals surface area contributed by atoms with E-state index in [9.17, 15) is 0 Å². The Morgan fingerprint density at radius 1 is 1.13 bits per heavy atom. The third-order valence-electron chi connectivity index (χ3n) is 5.31. The number of rotatable bonds is 5. The minimum Gasteiger partial charge on any atom is -0.475 e. The highest BCUT2D eigenvalue weighted by atomic mass is 35.5. The summed E-state index contributed by atoms with van der Waals surface area (Å²) in [6.07, 6.45) is 1.74. The highest BCUT2D eigenvalue weighted by molar-refractivity contribution is 6.35. The second-order valence-corrected chi connectivity index (χ2v) is 8.07. The number of halogens is 1. The summed E-state index contributed by atoms with van der Waals surface area (Å²) < 4.78 is 5.97. The minimum absolute atomic E-state index is 0.278. The molecule has 2 aromatic heterocycles. The molecule has 4 aromatic rings. The van der Waals surface area contributed by atoms with Gasteiger partial charge in [-0.15, -0.1) is 0 Å². The van der Waals surface area contributed by atoms with Crippen molar-refractivity contribution in [2.24, 2.45) is 5.92 Å². The van der Waals surface area contributed by atoms with Gasteiger partial charge in [-0.25, -0.2) is 9.97 Å². The van der Waals surface area contributed by atoms with Gasteiger partial charge in [-0.05, 0) is 19.2 Å². The van der Waals surface area contributed by atoms with Gasteiger partial charge in [0.2, 0.25) is 0 Å². The van der Waals surface area contributed by atoms with Crippen molar-refractivity contribution in [3.63, 3.8) is 0 Å². The summed E-state index contributed by atoms with van der Waals surface area (Å²) in [5.74, 6) is 1.11. The molecule has 0 amide bonds. The van der Waals surface area contributed by atoms with Crippen LogP contribution in [0, 0.1) is 5.92 Å². The van der Waals surface area contributed by atoms with Crippen LogP contribution in [0.4, 0.5) is 5.82 Å². The van der Waals surface area contributed by atoms with E-state index in [4.69, 9.17) is 27.1 Å². The van der Waals surface area contributed by atoms with Gasteiger partial charge in [0.1, 0.15) is 5.69 Å². The van der Waals surface area contributed by atoms with Gasteiger partial charge in [-0.3, -0.25) is 5.10 Å². The number of nitrogen functional groups attached to an aromatic ring is 1. The van der Waals surface area contributed by atoms with Crippen molar-refractivity contribution >= 4 is 28.3 Å². The van der Waals surface area contributed by atoms with E-state index in [0.29, 0.717) is 34.8 Å². The molecule has 0 unspecified atom stereocenters. The van der Waals surface area contributed by atoms with E-state index < -0.39 is 0 Å². The molecule has 0 spiro atoms. The fraction of sp³-hybridized carbons (Fsp3) is 0.227. The number of benzene rings is 2. The summed E-state index contributed by atoms with van der Waals surface area (Å²) in [5.41, 5.74) is 10.1. The number of likely N-dealkylation sites (tertiary alicyclic amines) is 1. The molecule has 0 atom stereocenters. The van der Waals surface area contributed by atoms with Crippen molar-refractivity contribution in [2.75, 3.05) is 32.5 Å². The number of nitrogens with two attached hydrogens (primary N) is 1. The predicted molar refractivity (Wildman–Crippen MR) is 118 cm³/mol. The van der Waals surface area contributed by atoms with Crippen LogP contribution in [0.5, 0.6) is 5.88 Å². The van der Waals surface area contributed by atoms with E-state index in [1.54, 1.807) is 6.20 Å². The van der Waals surface area contributed by atoms with Gasteiger partial charge in [0.25, 0.3) is 5.88 Å². The Morgan fingerprint density at radius 2 is 1.90 bits per heavy atom. The quantitative estimate of drug-likeness (QED) is 0.509. The van der Waals surface area contributed by atoms with Gasteiger partial charge in [-0.2, -0.15) is 5.10 Å². The first-order chi connectivity index (χ1) is 14.6. The van der Waals surface area contributed by atoms with Crippen molar-refractivity contribution in [3.05, 3.63) is 53.7 Å². The predicted octanol–water partition coefficient (Wildman–Crippen LogP) is 3.86. The molecule has 7 nitrogen and oxygen atoms in total. The lowest BCUT2D eigenvalue weighted by atomic mass is 10.0. The smallest absolute Gasteiger partial charge is 0.257 e. The highest BCUT2D eigenvalue weighted by Crippen LogP contribution is 2.36. The van der Waals surface area contributed by atoms with Gasteiger partial charge < -0.3 is 15.4 Å². The van der Waals surface area contributed by atoms with E-state index >= 15 is 0 Å². The van der Waals surface area contributed by atoms with Gasteiger partial charge >= 0.3 is 0 Å². The number of aromatic amines is 1. The normalized spacial score (nSPS) is 14.7. The highest BCUT2D eigenvalue weighted by Gasteiger charge is 2.25. The summed E-state index contributed by atoms with van der Waals surface area (Å²) in [6, 6.07) is 13.7. The second kappa shape index (κ2) is 7.59. The standard InChI is InChI=1S/C22H21ClN6O/c1-29-10-13(11-29)12-30-22-21(24)26-19(14-5-3-2-4-6-14)20(27-22)15-7-16-9-25-28-18(16)17(23)8-15/h2-9,13H,10-12H2,1H3,(H2,24,26)(H,25,28). The maximum absolute atomic E-state index is 6.49. The average Bonchev–Trinajstić information content (AvgIpc) is 3.21. The average molecular weight is 421 g/mol. The van der Waals surface area contributed by atoms with Crippen LogP contribution in [0.1, 0.15) is 0 Å². The van der Waals surface area contributed by atoms with Crippen molar-refractivity contribution in [1.29, 1.82) is 0 Å². The van der Waals surface area contributed by atoms with E-state index in [-0.39, 0.29) is 5.82 Å². The van der Waals surface area contributed by atoms with Gasteiger partial charge in [0.15, 0.2) is 5.82 Å². The van der Waals surface area contributed by atoms with Crippen molar-refractivity contribution in [2.45, 2.75) is 0 Å². The molecule has 8 heteroatoms. The van der Waals surface area contributed by atoms with Crippen LogP contribution in [0.3, 0.4) is 0 Å². The third kappa shape index (κ3) is 3.46. The number of H-pyrrole nitrogens is 1. The zero-order chi connectivity index (χ0) is 20.7. The van der Waals surface area contributed by atoms with Crippen LogP contribution < -0.4 is 10.5 Å². The molecule has 0 radical (unpaired) electrons. The van der Waals surface area contributed by atoms with E-state index in [0.717, 1.165) is 35.1 Å². The van der Waals surface area contributed by atoms with Crippen LogP contribution >= 0.6 is 11.6 Å². The topological polar surface area (TPSA) is 93.0 Å². The van der Waals surface area contributed by atoms with Gasteiger partial charge in [0.05, 0.1) is 29.0 Å². The lowest BCUT2D eigenvalue weighted by molar-refractivity contribution is 0.0841. The van der Waals surface area contributed by atoms with E-state index in [1.165, 1.54) is 0 Å². The molecule has 2 aromatic carbocycles. The van der Waals surface area contributed by atoms with Crippen LogP contribution in [-0.4, -0.2) is 51.8 Å². The molecule has 1 saturated heterocycles. The Morgan fingerprint density at radius 3 is 2.67 bits per heavy atom. The summed E-state index contributed by atoms with van der Waals surface area (Å²) >= 11 is 6.49. The van der Waals surface area contributed by atoms with Crippen LogP contribution in [0.25, 0.3) is 33.4 Å². The molecule has 30 heavy (non-hydrogen) atoms. The summed E-state index contributed by atoms with van der Waals surface area (Å²) in [6.45, 7) is 2.58. The maximum atomic E-state index is 6.49. The van der Waals surface area contributed by atoms with Crippen molar-refractivity contribution < 1.29 is 4.74 Å². The fourth-order valence-corrected chi connectivity index (χ4v) is 4.09. The first-order valence-corrected chi connectivity index (χ1v) is 10.1. The number of nitrogens with zero attached hydrogens (tertiary/aromatic N) is 4. The number of nitrogens with one attached hydrogen (secondary N) is 1. The maximum Gasteiger partial charge on any atom is 0.257 e. The molecule has 3 N–H and O–H groups in total. The minimum atomic E-state index is 0.278. The third-order valence-corrected chi connectivity index (χ3v) is 5.60. The van der Waals surface area contributed by atoms with Crippen molar-refractivity contribution in [1.82, 2.24) is 25.1 Å². The Kier molecular flexibility index (Phi) is 4.77. The van der Waals surface area contributed by atoms with Crippen molar-refractivity contribution in [3.8, 4) is 28.4 Å². The van der Waals surface area contributed by atoms with Gasteiger partial charge in [-0.1, -0.05) is 41.9 Å². The second-order valence-electron chi connectivity index (χ2n) is 7.67. The largest absolute Gasteiger partial charge is 0.475 e. The SMILES string of the molecule is CN1CC(COc2nc(-c3cc(Cl)c4[nH]ncc4c3)c(-c3ccccc3)nc2N)C1. The Balaban J connectivity index is 1.60. The van der Waals surface area contributed by atoms with Crippen LogP contribution in [0.2, 0.25) is 5.02 Å². The number of hydrogen-bond acceptors (Lipinski definition) is 6. The lowest BCUT2D eigenvalue weighted by Gasteiger charge is -2.35. The number of ether oxygens (including phenoxy) is 1. The molecule has 152 valence electrons. The lowest BCUT2D eigenvalue weighted by Crippen LogP contribution is -2.46. The fourth-order valence-electron chi connectivity index (χ4n) is 3.82. The molecule has 1 aliphatic rings. The molecule has 0 aliphatic carbocycles. The summed E-state index contributed by atoms with van der Waals surface area (Å²) in [5, 5.41) is 8.47. The Bertz CT molecular complexity index is 1200. The molecular weight excluding hydrogens is 400 g/mol. The molecule has 3 heterocycles. The number of fused-ring (bicyclic) bond motifs is 1. The van der Waals surface area contributed by atoms with Crippen LogP contribution in [-0.2, 0) is 0 Å². The van der Waals surface area contributed by atoms with Gasteiger partial charge in [0, 0.05) is 35.5 Å². The Hall–Kier alpha value is -3.16. The molecule has 1 fully saturated rings. The molecular formula is C22H21ClN6O. The molecule has 0 bridgehead atoms. The first kappa shape index (κ1) is 18.8. The van der Waals surface area contributed by atoms with Crippen LogP contribution in [0.15, 0.2) is 48.7 Å². The molecule has 1 aliphatic heterocycles. The number of aromatic nitrogens is 4. The zero-order valence-corrected chi connectivity index (χ0v) is 17.2. The number of anilines is 1. The Labute approximate surface area is 178 Å². The molecule has 5 rings (SSSR count). The first-order valence-electron chi connectivity index (χ1n) is 9.76. The monoisotopic (exact) mass is 420 g/mol. The van der Waals surface area contributed by atoms with E-state index in [1.807, 2.05) is 42.5 Å². The summed E-state index contributed by atoms with van der Waals surface area (Å²) in [4.78, 5) is 11.7. The van der Waals surface area contributed by atoms with E-state index in [2.05, 4.69) is 27.1 Å². The summed E-state index contributed by atoms with van der Waals surface area (Å²) in [7, 11) is 2.09. The molecule has 0 saturated carbocycles. The number of hydrogen-bond donors (Lipinski definition) is 2.